The van der Waals surface area contributed by atoms with Crippen molar-refractivity contribution in [1.29, 1.82) is 0 Å². The first-order chi connectivity index (χ1) is 11.3. The third-order valence-electron chi connectivity index (χ3n) is 5.21. The molecule has 1 heterocycles. The average molecular weight is 312 g/mol. The molecule has 2 aliphatic rings. The molecule has 2 bridgehead atoms. The number of hydrogen-bond acceptors (Lipinski definition) is 5. The highest BCUT2D eigenvalue weighted by atomic mass is 16.5. The number of aromatic nitrogens is 4. The lowest BCUT2D eigenvalue weighted by molar-refractivity contribution is -0.146. The third kappa shape index (κ3) is 2.98. The SMILES string of the molecule is O=C(C[C@H]1C[C@H]2CC[C@H]1C2)OCc1nnnn1-c1ccccc1. The number of benzene rings is 1. The lowest BCUT2D eigenvalue weighted by atomic mass is 9.86. The van der Waals surface area contributed by atoms with Gasteiger partial charge in [0.25, 0.3) is 0 Å². The van der Waals surface area contributed by atoms with Crippen LogP contribution >= 0.6 is 0 Å². The first-order valence-electron chi connectivity index (χ1n) is 8.28. The number of nitrogens with zero attached hydrogens (tertiary/aromatic N) is 4. The second-order valence-electron chi connectivity index (χ2n) is 6.64. The van der Waals surface area contributed by atoms with Gasteiger partial charge in [-0.15, -0.1) is 5.10 Å². The van der Waals surface area contributed by atoms with E-state index in [1.807, 2.05) is 30.3 Å². The van der Waals surface area contributed by atoms with Crippen molar-refractivity contribution in [3.8, 4) is 5.69 Å². The number of para-hydroxylation sites is 1. The maximum Gasteiger partial charge on any atom is 0.306 e. The molecule has 2 aliphatic carbocycles. The van der Waals surface area contributed by atoms with Gasteiger partial charge in [0.15, 0.2) is 12.4 Å². The summed E-state index contributed by atoms with van der Waals surface area (Å²) in [5.41, 5.74) is 0.858. The Balaban J connectivity index is 1.35. The normalized spacial score (nSPS) is 25.7. The Morgan fingerprint density at radius 2 is 2.09 bits per heavy atom. The molecule has 0 spiro atoms. The molecule has 0 aliphatic heterocycles. The summed E-state index contributed by atoms with van der Waals surface area (Å²) in [6, 6.07) is 9.60. The van der Waals surface area contributed by atoms with Gasteiger partial charge in [-0.3, -0.25) is 4.79 Å². The minimum Gasteiger partial charge on any atom is -0.457 e. The van der Waals surface area contributed by atoms with E-state index in [-0.39, 0.29) is 12.6 Å². The Kier molecular flexibility index (Phi) is 3.81. The van der Waals surface area contributed by atoms with Gasteiger partial charge in [0.1, 0.15) is 0 Å². The maximum absolute atomic E-state index is 12.1. The van der Waals surface area contributed by atoms with Crippen molar-refractivity contribution in [2.75, 3.05) is 0 Å². The molecule has 2 aromatic rings. The molecule has 1 aromatic heterocycles. The molecule has 4 rings (SSSR count). The van der Waals surface area contributed by atoms with Gasteiger partial charge in [0.2, 0.25) is 0 Å². The van der Waals surface area contributed by atoms with E-state index in [1.165, 1.54) is 25.7 Å². The summed E-state index contributed by atoms with van der Waals surface area (Å²) >= 11 is 0. The van der Waals surface area contributed by atoms with Crippen molar-refractivity contribution < 1.29 is 9.53 Å². The van der Waals surface area contributed by atoms with Crippen LogP contribution in [0, 0.1) is 17.8 Å². The Bertz CT molecular complexity index is 685. The van der Waals surface area contributed by atoms with Gasteiger partial charge in [-0.05, 0) is 59.6 Å². The average Bonchev–Trinajstić information content (AvgIpc) is 3.30. The molecule has 6 nitrogen and oxygen atoms in total. The standard InChI is InChI=1S/C17H20N4O2/c22-17(10-14-9-12-6-7-13(14)8-12)23-11-16-18-19-20-21(16)15-4-2-1-3-5-15/h1-5,12-14H,6-11H2/t12-,13-,14+/m0/s1. The number of tetrazole rings is 1. The van der Waals surface area contributed by atoms with Crippen molar-refractivity contribution in [3.05, 3.63) is 36.2 Å². The summed E-state index contributed by atoms with van der Waals surface area (Å²) < 4.78 is 7.02. The van der Waals surface area contributed by atoms with E-state index in [9.17, 15) is 4.79 Å². The van der Waals surface area contributed by atoms with Crippen LogP contribution in [0.4, 0.5) is 0 Å². The van der Waals surface area contributed by atoms with Crippen LogP contribution in [0.25, 0.3) is 5.69 Å². The molecule has 120 valence electrons. The van der Waals surface area contributed by atoms with Gasteiger partial charge in [0.05, 0.1) is 5.69 Å². The number of rotatable bonds is 5. The molecule has 3 atom stereocenters. The molecular weight excluding hydrogens is 292 g/mol. The summed E-state index contributed by atoms with van der Waals surface area (Å²) in [6.45, 7) is 0.113. The van der Waals surface area contributed by atoms with Crippen LogP contribution in [0.3, 0.4) is 0 Å². The highest BCUT2D eigenvalue weighted by Crippen LogP contribution is 2.49. The zero-order valence-corrected chi connectivity index (χ0v) is 13.0. The third-order valence-corrected chi connectivity index (χ3v) is 5.21. The molecule has 23 heavy (non-hydrogen) atoms. The van der Waals surface area contributed by atoms with Gasteiger partial charge in [-0.2, -0.15) is 4.68 Å². The highest BCUT2D eigenvalue weighted by Gasteiger charge is 2.40. The largest absolute Gasteiger partial charge is 0.457 e. The smallest absolute Gasteiger partial charge is 0.306 e. The Hall–Kier alpha value is -2.24. The van der Waals surface area contributed by atoms with E-state index >= 15 is 0 Å². The van der Waals surface area contributed by atoms with Crippen molar-refractivity contribution in [2.45, 2.75) is 38.7 Å². The van der Waals surface area contributed by atoms with Gasteiger partial charge < -0.3 is 4.74 Å². The number of ether oxygens (including phenoxy) is 1. The summed E-state index contributed by atoms with van der Waals surface area (Å²) in [5, 5.41) is 11.6. The van der Waals surface area contributed by atoms with Gasteiger partial charge in [0, 0.05) is 6.42 Å². The van der Waals surface area contributed by atoms with Crippen LogP contribution in [-0.2, 0) is 16.1 Å². The Morgan fingerprint density at radius 3 is 2.83 bits per heavy atom. The van der Waals surface area contributed by atoms with Crippen molar-refractivity contribution >= 4 is 5.97 Å². The van der Waals surface area contributed by atoms with Crippen LogP contribution < -0.4 is 0 Å². The Morgan fingerprint density at radius 1 is 1.22 bits per heavy atom. The molecular formula is C17H20N4O2. The lowest BCUT2D eigenvalue weighted by Gasteiger charge is -2.20. The van der Waals surface area contributed by atoms with E-state index in [2.05, 4.69) is 15.5 Å². The van der Waals surface area contributed by atoms with E-state index in [4.69, 9.17) is 4.74 Å². The summed E-state index contributed by atoms with van der Waals surface area (Å²) in [6.07, 6.45) is 5.68. The predicted octanol–water partition coefficient (Wildman–Crippen LogP) is 2.53. The number of carbonyl (C=O) groups is 1. The molecule has 0 N–H and O–H groups in total. The molecule has 0 radical (unpaired) electrons. The summed E-state index contributed by atoms with van der Waals surface area (Å²) in [7, 11) is 0. The number of esters is 1. The monoisotopic (exact) mass is 312 g/mol. The molecule has 6 heteroatoms. The van der Waals surface area contributed by atoms with Gasteiger partial charge in [-0.25, -0.2) is 0 Å². The van der Waals surface area contributed by atoms with Crippen molar-refractivity contribution in [2.24, 2.45) is 17.8 Å². The second-order valence-corrected chi connectivity index (χ2v) is 6.64. The quantitative estimate of drug-likeness (QED) is 0.794. The fraction of sp³-hybridized carbons (Fsp3) is 0.529. The van der Waals surface area contributed by atoms with E-state index < -0.39 is 0 Å². The maximum atomic E-state index is 12.1. The van der Waals surface area contributed by atoms with Crippen LogP contribution in [0.2, 0.25) is 0 Å². The summed E-state index contributed by atoms with van der Waals surface area (Å²) in [5.74, 6) is 2.51. The molecule has 1 aromatic carbocycles. The molecule has 0 unspecified atom stereocenters. The fourth-order valence-corrected chi connectivity index (χ4v) is 4.11. The van der Waals surface area contributed by atoms with E-state index in [0.717, 1.165) is 17.5 Å². The minimum absolute atomic E-state index is 0.113. The molecule has 0 saturated heterocycles. The van der Waals surface area contributed by atoms with Gasteiger partial charge >= 0.3 is 5.97 Å². The van der Waals surface area contributed by atoms with Crippen LogP contribution in [0.5, 0.6) is 0 Å². The predicted molar refractivity (Wildman–Crippen MR) is 82.5 cm³/mol. The second kappa shape index (κ2) is 6.10. The number of hydrogen-bond donors (Lipinski definition) is 0. The minimum atomic E-state index is -0.134. The number of fused-ring (bicyclic) bond motifs is 2. The van der Waals surface area contributed by atoms with Crippen molar-refractivity contribution in [3.63, 3.8) is 0 Å². The first kappa shape index (κ1) is 14.4. The summed E-state index contributed by atoms with van der Waals surface area (Å²) in [4.78, 5) is 12.1. The van der Waals surface area contributed by atoms with Crippen LogP contribution in [0.15, 0.2) is 30.3 Å². The topological polar surface area (TPSA) is 69.9 Å². The Labute approximate surface area is 134 Å². The van der Waals surface area contributed by atoms with E-state index in [0.29, 0.717) is 18.2 Å². The molecule has 2 fully saturated rings. The van der Waals surface area contributed by atoms with Crippen LogP contribution in [-0.4, -0.2) is 26.2 Å². The molecule has 0 amide bonds. The van der Waals surface area contributed by atoms with Crippen LogP contribution in [0.1, 0.15) is 37.9 Å². The fourth-order valence-electron chi connectivity index (χ4n) is 4.11. The van der Waals surface area contributed by atoms with Gasteiger partial charge in [-0.1, -0.05) is 24.6 Å². The van der Waals surface area contributed by atoms with E-state index in [1.54, 1.807) is 4.68 Å². The first-order valence-corrected chi connectivity index (χ1v) is 8.28. The zero-order valence-electron chi connectivity index (χ0n) is 13.0. The zero-order chi connectivity index (χ0) is 15.6. The highest BCUT2D eigenvalue weighted by molar-refractivity contribution is 5.69. The number of carbonyl (C=O) groups excluding carboxylic acids is 1. The lowest BCUT2D eigenvalue weighted by Crippen LogP contribution is -2.17. The van der Waals surface area contributed by atoms with Crippen molar-refractivity contribution in [1.82, 2.24) is 20.2 Å². The molecule has 2 saturated carbocycles.